The first kappa shape index (κ1) is 16.3. The van der Waals surface area contributed by atoms with E-state index in [1.54, 1.807) is 12.1 Å². The fourth-order valence-electron chi connectivity index (χ4n) is 2.48. The number of nitrogens with zero attached hydrogens (tertiary/aromatic N) is 1. The zero-order chi connectivity index (χ0) is 15.1. The Morgan fingerprint density at radius 3 is 2.25 bits per heavy atom. The molecule has 0 amide bonds. The lowest BCUT2D eigenvalue weighted by Gasteiger charge is -2.23. The molecule has 5 heteroatoms. The van der Waals surface area contributed by atoms with E-state index in [1.165, 1.54) is 0 Å². The summed E-state index contributed by atoms with van der Waals surface area (Å²) in [6, 6.07) is 5.38. The van der Waals surface area contributed by atoms with E-state index >= 15 is 0 Å². The monoisotopic (exact) mass is 279 g/mol. The molecule has 1 aromatic rings. The SMILES string of the molecule is CCNc1cc(NC(C)C(CC)CC)cc([N+](=O)[O-])c1. The highest BCUT2D eigenvalue weighted by molar-refractivity contribution is 5.63. The van der Waals surface area contributed by atoms with Gasteiger partial charge in [0.1, 0.15) is 0 Å². The molecular formula is C15H25N3O2. The molecule has 5 nitrogen and oxygen atoms in total. The number of rotatable bonds is 8. The van der Waals surface area contributed by atoms with Crippen LogP contribution in [-0.4, -0.2) is 17.5 Å². The van der Waals surface area contributed by atoms with Gasteiger partial charge < -0.3 is 10.6 Å². The predicted molar refractivity (Wildman–Crippen MR) is 84.4 cm³/mol. The summed E-state index contributed by atoms with van der Waals surface area (Å²) in [5.41, 5.74) is 1.69. The molecule has 0 radical (unpaired) electrons. The standard InChI is InChI=1S/C15H25N3O2/c1-5-12(6-2)11(4)17-14-8-13(16-7-3)9-15(10-14)18(19)20/h8-12,16-17H,5-7H2,1-4H3. The maximum atomic E-state index is 11.0. The number of nitrogens with one attached hydrogen (secondary N) is 2. The van der Waals surface area contributed by atoms with Crippen LogP contribution in [0.4, 0.5) is 17.1 Å². The van der Waals surface area contributed by atoms with Crippen molar-refractivity contribution in [2.24, 2.45) is 5.92 Å². The van der Waals surface area contributed by atoms with Crippen LogP contribution in [0.3, 0.4) is 0 Å². The minimum Gasteiger partial charge on any atom is -0.385 e. The van der Waals surface area contributed by atoms with Gasteiger partial charge in [0.15, 0.2) is 0 Å². The quantitative estimate of drug-likeness (QED) is 0.551. The molecule has 0 aliphatic heterocycles. The molecule has 2 N–H and O–H groups in total. The summed E-state index contributed by atoms with van der Waals surface area (Å²) < 4.78 is 0. The first-order chi connectivity index (χ1) is 9.51. The van der Waals surface area contributed by atoms with Gasteiger partial charge in [-0.15, -0.1) is 0 Å². The molecule has 0 spiro atoms. The van der Waals surface area contributed by atoms with E-state index in [9.17, 15) is 10.1 Å². The molecule has 1 aromatic carbocycles. The van der Waals surface area contributed by atoms with Crippen LogP contribution in [0.15, 0.2) is 18.2 Å². The number of non-ortho nitro benzene ring substituents is 1. The summed E-state index contributed by atoms with van der Waals surface area (Å²) in [4.78, 5) is 10.6. The number of hydrogen-bond acceptors (Lipinski definition) is 4. The van der Waals surface area contributed by atoms with Crippen LogP contribution >= 0.6 is 0 Å². The lowest BCUT2D eigenvalue weighted by atomic mass is 9.95. The van der Waals surface area contributed by atoms with E-state index in [1.807, 2.05) is 13.0 Å². The van der Waals surface area contributed by atoms with Crippen molar-refractivity contribution in [2.45, 2.75) is 46.6 Å². The van der Waals surface area contributed by atoms with Crippen molar-refractivity contribution in [3.05, 3.63) is 28.3 Å². The van der Waals surface area contributed by atoms with Gasteiger partial charge in [0.05, 0.1) is 4.92 Å². The van der Waals surface area contributed by atoms with Gasteiger partial charge in [0.25, 0.3) is 5.69 Å². The third kappa shape index (κ3) is 4.40. The van der Waals surface area contributed by atoms with Crippen LogP contribution in [-0.2, 0) is 0 Å². The average Bonchev–Trinajstić information content (AvgIpc) is 2.40. The molecule has 1 rings (SSSR count). The van der Waals surface area contributed by atoms with Crippen LogP contribution in [0.1, 0.15) is 40.5 Å². The number of anilines is 2. The molecule has 0 heterocycles. The minimum absolute atomic E-state index is 0.114. The van der Waals surface area contributed by atoms with Crippen molar-refractivity contribution in [1.29, 1.82) is 0 Å². The molecule has 0 bridgehead atoms. The molecule has 0 fully saturated rings. The molecule has 1 atom stereocenters. The summed E-state index contributed by atoms with van der Waals surface area (Å²) in [6.45, 7) is 9.18. The van der Waals surface area contributed by atoms with Crippen molar-refractivity contribution in [2.75, 3.05) is 17.2 Å². The first-order valence-electron chi connectivity index (χ1n) is 7.31. The predicted octanol–water partition coefficient (Wildman–Crippen LogP) is 4.26. The minimum atomic E-state index is -0.353. The molecule has 20 heavy (non-hydrogen) atoms. The Balaban J connectivity index is 2.95. The summed E-state index contributed by atoms with van der Waals surface area (Å²) >= 11 is 0. The van der Waals surface area contributed by atoms with E-state index < -0.39 is 0 Å². The highest BCUT2D eigenvalue weighted by atomic mass is 16.6. The Hall–Kier alpha value is -1.78. The van der Waals surface area contributed by atoms with Crippen molar-refractivity contribution in [3.63, 3.8) is 0 Å². The van der Waals surface area contributed by atoms with Gasteiger partial charge in [-0.1, -0.05) is 26.7 Å². The molecule has 1 unspecified atom stereocenters. The second kappa shape index (κ2) is 7.72. The first-order valence-corrected chi connectivity index (χ1v) is 7.31. The Kier molecular flexibility index (Phi) is 6.28. The van der Waals surface area contributed by atoms with Crippen LogP contribution in [0, 0.1) is 16.0 Å². The number of benzene rings is 1. The van der Waals surface area contributed by atoms with E-state index in [-0.39, 0.29) is 10.6 Å². The van der Waals surface area contributed by atoms with Gasteiger partial charge in [-0.3, -0.25) is 10.1 Å². The Bertz CT molecular complexity index is 445. The second-order valence-electron chi connectivity index (χ2n) is 5.07. The van der Waals surface area contributed by atoms with Crippen LogP contribution in [0.5, 0.6) is 0 Å². The number of nitro benzene ring substituents is 1. The third-order valence-electron chi connectivity index (χ3n) is 3.66. The zero-order valence-electron chi connectivity index (χ0n) is 12.8. The fraction of sp³-hybridized carbons (Fsp3) is 0.600. The van der Waals surface area contributed by atoms with Crippen LogP contribution in [0.2, 0.25) is 0 Å². The molecule has 0 saturated heterocycles. The zero-order valence-corrected chi connectivity index (χ0v) is 12.8. The van der Waals surface area contributed by atoms with Crippen LogP contribution < -0.4 is 10.6 Å². The lowest BCUT2D eigenvalue weighted by Crippen LogP contribution is -2.25. The molecule has 112 valence electrons. The summed E-state index contributed by atoms with van der Waals surface area (Å²) in [6.07, 6.45) is 2.19. The van der Waals surface area contributed by atoms with Crippen molar-refractivity contribution in [3.8, 4) is 0 Å². The summed E-state index contributed by atoms with van der Waals surface area (Å²) in [5.74, 6) is 0.567. The van der Waals surface area contributed by atoms with Gasteiger partial charge in [0.2, 0.25) is 0 Å². The average molecular weight is 279 g/mol. The lowest BCUT2D eigenvalue weighted by molar-refractivity contribution is -0.384. The molecule has 0 aromatic heterocycles. The fourth-order valence-corrected chi connectivity index (χ4v) is 2.48. The Labute approximate surface area is 120 Å². The van der Waals surface area contributed by atoms with Gasteiger partial charge in [-0.2, -0.15) is 0 Å². The van der Waals surface area contributed by atoms with E-state index in [4.69, 9.17) is 0 Å². The molecule has 0 aliphatic carbocycles. The Morgan fingerprint density at radius 2 is 1.75 bits per heavy atom. The van der Waals surface area contributed by atoms with E-state index in [0.29, 0.717) is 12.0 Å². The summed E-state index contributed by atoms with van der Waals surface area (Å²) in [5, 5.41) is 17.5. The highest BCUT2D eigenvalue weighted by Gasteiger charge is 2.15. The Morgan fingerprint density at radius 1 is 1.15 bits per heavy atom. The van der Waals surface area contributed by atoms with Crippen molar-refractivity contribution >= 4 is 17.1 Å². The smallest absolute Gasteiger partial charge is 0.273 e. The molecular weight excluding hydrogens is 254 g/mol. The van der Waals surface area contributed by atoms with E-state index in [2.05, 4.69) is 31.4 Å². The van der Waals surface area contributed by atoms with Gasteiger partial charge in [-0.05, 0) is 25.8 Å². The van der Waals surface area contributed by atoms with E-state index in [0.717, 1.165) is 30.8 Å². The molecule has 0 aliphatic rings. The topological polar surface area (TPSA) is 67.2 Å². The third-order valence-corrected chi connectivity index (χ3v) is 3.66. The summed E-state index contributed by atoms with van der Waals surface area (Å²) in [7, 11) is 0. The maximum absolute atomic E-state index is 11.0. The van der Waals surface area contributed by atoms with Crippen LogP contribution in [0.25, 0.3) is 0 Å². The van der Waals surface area contributed by atoms with Crippen molar-refractivity contribution < 1.29 is 4.92 Å². The second-order valence-corrected chi connectivity index (χ2v) is 5.07. The maximum Gasteiger partial charge on any atom is 0.273 e. The van der Waals surface area contributed by atoms with Crippen molar-refractivity contribution in [1.82, 2.24) is 0 Å². The normalized spacial score (nSPS) is 12.2. The highest BCUT2D eigenvalue weighted by Crippen LogP contribution is 2.26. The largest absolute Gasteiger partial charge is 0.385 e. The molecule has 0 saturated carbocycles. The number of hydrogen-bond donors (Lipinski definition) is 2. The van der Waals surface area contributed by atoms with Gasteiger partial charge in [-0.25, -0.2) is 0 Å². The number of nitro groups is 1. The van der Waals surface area contributed by atoms with Gasteiger partial charge >= 0.3 is 0 Å². The van der Waals surface area contributed by atoms with Gasteiger partial charge in [0, 0.05) is 36.1 Å².